The highest BCUT2D eigenvalue weighted by molar-refractivity contribution is 9.10. The van der Waals surface area contributed by atoms with Crippen LogP contribution in [-0.2, 0) is 0 Å². The molecule has 2 saturated carbocycles. The summed E-state index contributed by atoms with van der Waals surface area (Å²) in [5.74, 6) is 1.50. The van der Waals surface area contributed by atoms with E-state index in [0.29, 0.717) is 0 Å². The van der Waals surface area contributed by atoms with Crippen molar-refractivity contribution in [1.82, 2.24) is 30.1 Å². The molecule has 3 aromatic heterocycles. The minimum Gasteiger partial charge on any atom is -0.465 e. The number of aromatic nitrogens is 5. The van der Waals surface area contributed by atoms with Crippen molar-refractivity contribution in [3.8, 4) is 0 Å². The number of rotatable bonds is 3. The van der Waals surface area contributed by atoms with E-state index in [1.807, 2.05) is 13.0 Å². The summed E-state index contributed by atoms with van der Waals surface area (Å²) in [6.07, 6.45) is 15.4. The first kappa shape index (κ1) is 21.1. The van der Waals surface area contributed by atoms with Gasteiger partial charge >= 0.3 is 6.09 Å². The second-order valence-electron chi connectivity index (χ2n) is 7.42. The summed E-state index contributed by atoms with van der Waals surface area (Å²) < 4.78 is 2.64. The van der Waals surface area contributed by atoms with E-state index in [1.54, 1.807) is 29.3 Å². The Morgan fingerprint density at radius 3 is 2.45 bits per heavy atom. The average Bonchev–Trinajstić information content (AvgIpc) is 3.22. The number of anilines is 2. The van der Waals surface area contributed by atoms with Crippen molar-refractivity contribution < 1.29 is 9.90 Å². The van der Waals surface area contributed by atoms with Crippen molar-refractivity contribution in [2.75, 3.05) is 5.32 Å². The van der Waals surface area contributed by atoms with Crippen LogP contribution in [0.3, 0.4) is 0 Å². The first-order valence-electron chi connectivity index (χ1n) is 9.72. The molecular formula is C19H26BrN7O2. The van der Waals surface area contributed by atoms with E-state index in [0.717, 1.165) is 34.5 Å². The standard InChI is InChI=1S/C9H7BrN6.C5H9NO2.C5H10/c10-6-5-13-16-4-3-11-9(8(6)16)14-7-1-2-12-15-7;1-5(2-3-5)6-4(7)8;1-2-4-5-3-1/h1-5H,(H2,11,12,14,15);6H,2-3H2,1H3,(H,7,8);1-5H2. The van der Waals surface area contributed by atoms with Gasteiger partial charge < -0.3 is 15.7 Å². The molecule has 1 amide bonds. The predicted molar refractivity (Wildman–Crippen MR) is 114 cm³/mol. The molecule has 2 aliphatic carbocycles. The second-order valence-corrected chi connectivity index (χ2v) is 8.27. The molecule has 3 aromatic rings. The molecule has 0 atom stereocenters. The third-order valence-corrected chi connectivity index (χ3v) is 5.38. The number of hydrogen-bond acceptors (Lipinski definition) is 5. The monoisotopic (exact) mass is 463 g/mol. The summed E-state index contributed by atoms with van der Waals surface area (Å²) in [6.45, 7) is 1.90. The van der Waals surface area contributed by atoms with Gasteiger partial charge in [0.15, 0.2) is 5.82 Å². The van der Waals surface area contributed by atoms with Crippen LogP contribution >= 0.6 is 15.9 Å². The van der Waals surface area contributed by atoms with Crippen molar-refractivity contribution in [3.63, 3.8) is 0 Å². The number of hydrogen-bond donors (Lipinski definition) is 4. The van der Waals surface area contributed by atoms with Gasteiger partial charge in [0.2, 0.25) is 0 Å². The minimum absolute atomic E-state index is 0.0775. The van der Waals surface area contributed by atoms with Crippen LogP contribution in [0.15, 0.2) is 35.3 Å². The summed E-state index contributed by atoms with van der Waals surface area (Å²) in [4.78, 5) is 14.2. The summed E-state index contributed by atoms with van der Waals surface area (Å²) in [7, 11) is 0. The molecule has 0 bridgehead atoms. The lowest BCUT2D eigenvalue weighted by Crippen LogP contribution is -2.32. The van der Waals surface area contributed by atoms with Gasteiger partial charge in [0, 0.05) is 24.0 Å². The summed E-state index contributed by atoms with van der Waals surface area (Å²) >= 11 is 3.43. The fraction of sp³-hybridized carbons (Fsp3) is 0.474. The van der Waals surface area contributed by atoms with Crippen molar-refractivity contribution in [1.29, 1.82) is 0 Å². The number of nitrogens with one attached hydrogen (secondary N) is 3. The summed E-state index contributed by atoms with van der Waals surface area (Å²) in [5, 5.41) is 24.6. The highest BCUT2D eigenvalue weighted by Gasteiger charge is 2.38. The number of halogens is 1. The van der Waals surface area contributed by atoms with Crippen LogP contribution in [-0.4, -0.2) is 41.5 Å². The predicted octanol–water partition coefficient (Wildman–Crippen LogP) is 4.72. The molecule has 0 saturated heterocycles. The maximum atomic E-state index is 9.94. The van der Waals surface area contributed by atoms with Gasteiger partial charge in [-0.1, -0.05) is 32.1 Å². The van der Waals surface area contributed by atoms with Crippen LogP contribution in [0.2, 0.25) is 0 Å². The van der Waals surface area contributed by atoms with Crippen LogP contribution < -0.4 is 10.6 Å². The third-order valence-electron chi connectivity index (χ3n) is 4.80. The van der Waals surface area contributed by atoms with Crippen molar-refractivity contribution in [3.05, 3.63) is 35.3 Å². The van der Waals surface area contributed by atoms with Crippen molar-refractivity contribution in [2.45, 2.75) is 57.4 Å². The molecule has 0 radical (unpaired) electrons. The molecule has 3 heterocycles. The normalized spacial score (nSPS) is 16.2. The SMILES string of the molecule is Brc1cnn2ccnc(Nc3ccn[nH]3)c12.C1CCCC1.CC1(NC(=O)O)CC1. The van der Waals surface area contributed by atoms with Gasteiger partial charge in [-0.25, -0.2) is 14.3 Å². The number of nitrogens with zero attached hydrogens (tertiary/aromatic N) is 4. The summed E-state index contributed by atoms with van der Waals surface area (Å²) in [5.41, 5.74) is 0.809. The van der Waals surface area contributed by atoms with E-state index >= 15 is 0 Å². The first-order valence-corrected chi connectivity index (χ1v) is 10.5. The lowest BCUT2D eigenvalue weighted by atomic mass is 10.3. The summed E-state index contributed by atoms with van der Waals surface area (Å²) in [6, 6.07) is 1.83. The highest BCUT2D eigenvalue weighted by atomic mass is 79.9. The van der Waals surface area contributed by atoms with Gasteiger partial charge in [0.25, 0.3) is 0 Å². The third kappa shape index (κ3) is 6.45. The van der Waals surface area contributed by atoms with Crippen molar-refractivity contribution >= 4 is 39.2 Å². The molecule has 2 aliphatic rings. The zero-order valence-electron chi connectivity index (χ0n) is 16.4. The topological polar surface area (TPSA) is 120 Å². The molecule has 156 valence electrons. The van der Waals surface area contributed by atoms with E-state index in [4.69, 9.17) is 5.11 Å². The molecule has 0 aliphatic heterocycles. The van der Waals surface area contributed by atoms with Crippen molar-refractivity contribution in [2.24, 2.45) is 0 Å². The van der Waals surface area contributed by atoms with Gasteiger partial charge in [-0.3, -0.25) is 5.10 Å². The lowest BCUT2D eigenvalue weighted by molar-refractivity contribution is 0.189. The van der Waals surface area contributed by atoms with Gasteiger partial charge in [-0.15, -0.1) is 0 Å². The quantitative estimate of drug-likeness (QED) is 0.446. The highest BCUT2D eigenvalue weighted by Crippen LogP contribution is 2.33. The van der Waals surface area contributed by atoms with E-state index < -0.39 is 6.09 Å². The molecule has 0 aromatic carbocycles. The Bertz CT molecular complexity index is 910. The Balaban J connectivity index is 0.000000153. The lowest BCUT2D eigenvalue weighted by Gasteiger charge is -2.04. The number of carbonyl (C=O) groups is 1. The van der Waals surface area contributed by atoms with Gasteiger partial charge in [0.1, 0.15) is 11.3 Å². The number of fused-ring (bicyclic) bond motifs is 1. The van der Waals surface area contributed by atoms with Crippen LogP contribution in [0.4, 0.5) is 16.4 Å². The van der Waals surface area contributed by atoms with Gasteiger partial charge in [0.05, 0.1) is 16.9 Å². The Morgan fingerprint density at radius 1 is 1.24 bits per heavy atom. The molecule has 5 rings (SSSR count). The zero-order valence-corrected chi connectivity index (χ0v) is 17.9. The van der Waals surface area contributed by atoms with E-state index in [-0.39, 0.29) is 5.54 Å². The van der Waals surface area contributed by atoms with Gasteiger partial charge in [-0.05, 0) is 35.7 Å². The van der Waals surface area contributed by atoms with Crippen LogP contribution in [0.5, 0.6) is 0 Å². The molecular weight excluding hydrogens is 438 g/mol. The van der Waals surface area contributed by atoms with Crippen LogP contribution in [0, 0.1) is 0 Å². The Kier molecular flexibility index (Phi) is 7.08. The first-order chi connectivity index (χ1) is 14.0. The van der Waals surface area contributed by atoms with E-state index in [9.17, 15) is 4.79 Å². The van der Waals surface area contributed by atoms with Crippen LogP contribution in [0.25, 0.3) is 5.52 Å². The molecule has 0 spiro atoms. The largest absolute Gasteiger partial charge is 0.465 e. The Hall–Kier alpha value is -2.62. The minimum atomic E-state index is -0.912. The van der Waals surface area contributed by atoms with E-state index in [1.165, 1.54) is 32.1 Å². The van der Waals surface area contributed by atoms with E-state index in [2.05, 4.69) is 46.8 Å². The molecule has 10 heteroatoms. The Labute approximate surface area is 177 Å². The zero-order chi connectivity index (χ0) is 20.7. The van der Waals surface area contributed by atoms with Gasteiger partial charge in [-0.2, -0.15) is 10.2 Å². The maximum Gasteiger partial charge on any atom is 0.405 e. The molecule has 2 fully saturated rings. The smallest absolute Gasteiger partial charge is 0.405 e. The fourth-order valence-electron chi connectivity index (χ4n) is 2.91. The molecule has 29 heavy (non-hydrogen) atoms. The number of H-pyrrole nitrogens is 1. The number of aromatic amines is 1. The fourth-order valence-corrected chi connectivity index (χ4v) is 3.37. The maximum absolute atomic E-state index is 9.94. The second kappa shape index (κ2) is 9.73. The Morgan fingerprint density at radius 2 is 1.93 bits per heavy atom. The molecule has 9 nitrogen and oxygen atoms in total. The van der Waals surface area contributed by atoms with Crippen LogP contribution in [0.1, 0.15) is 51.9 Å². The average molecular weight is 464 g/mol. The number of amides is 1. The molecule has 0 unspecified atom stereocenters. The number of carboxylic acid groups (broad SMARTS) is 1. The molecule has 4 N–H and O–H groups in total.